The van der Waals surface area contributed by atoms with Gasteiger partial charge in [-0.1, -0.05) is 17.7 Å². The van der Waals surface area contributed by atoms with Gasteiger partial charge in [0.1, 0.15) is 5.60 Å². The first-order chi connectivity index (χ1) is 8.94. The maximum absolute atomic E-state index is 13.6. The molecule has 2 N–H and O–H groups in total. The van der Waals surface area contributed by atoms with Crippen molar-refractivity contribution in [2.24, 2.45) is 0 Å². The molecule has 2 unspecified atom stereocenters. The van der Waals surface area contributed by atoms with Gasteiger partial charge in [-0.3, -0.25) is 4.79 Å². The lowest BCUT2D eigenvalue weighted by molar-refractivity contribution is -0.0251. The minimum Gasteiger partial charge on any atom is -0.385 e. The zero-order valence-corrected chi connectivity index (χ0v) is 11.2. The maximum Gasteiger partial charge on any atom is 0.254 e. The fourth-order valence-electron chi connectivity index (χ4n) is 2.01. The number of amides is 1. The highest BCUT2D eigenvalue weighted by Crippen LogP contribution is 2.25. The van der Waals surface area contributed by atoms with Crippen molar-refractivity contribution in [3.05, 3.63) is 34.6 Å². The van der Waals surface area contributed by atoms with Crippen molar-refractivity contribution in [3.63, 3.8) is 0 Å². The van der Waals surface area contributed by atoms with Crippen molar-refractivity contribution >= 4 is 17.5 Å². The highest BCUT2D eigenvalue weighted by molar-refractivity contribution is 6.31. The van der Waals surface area contributed by atoms with Crippen LogP contribution in [0.3, 0.4) is 0 Å². The lowest BCUT2D eigenvalue weighted by atomic mass is 9.96. The Kier molecular flexibility index (Phi) is 4.08. The summed E-state index contributed by atoms with van der Waals surface area (Å²) >= 11 is 5.61. The first-order valence-electron chi connectivity index (χ1n) is 6.00. The van der Waals surface area contributed by atoms with Crippen LogP contribution < -0.4 is 5.32 Å². The lowest BCUT2D eigenvalue weighted by Crippen LogP contribution is -2.47. The molecule has 0 aromatic heterocycles. The predicted molar refractivity (Wildman–Crippen MR) is 68.7 cm³/mol. The van der Waals surface area contributed by atoms with E-state index in [1.807, 2.05) is 0 Å². The van der Waals surface area contributed by atoms with E-state index in [9.17, 15) is 14.3 Å². The summed E-state index contributed by atoms with van der Waals surface area (Å²) in [6.07, 6.45) is 0.0731. The normalized spacial score (nSPS) is 26.4. The Hall–Kier alpha value is -1.17. The van der Waals surface area contributed by atoms with Gasteiger partial charge in [-0.25, -0.2) is 4.39 Å². The van der Waals surface area contributed by atoms with Gasteiger partial charge in [0.2, 0.25) is 0 Å². The van der Waals surface area contributed by atoms with Gasteiger partial charge >= 0.3 is 0 Å². The topological polar surface area (TPSA) is 58.6 Å². The summed E-state index contributed by atoms with van der Waals surface area (Å²) in [6.45, 7) is 2.19. The minimum atomic E-state index is -1.11. The third-order valence-corrected chi connectivity index (χ3v) is 3.70. The first-order valence-corrected chi connectivity index (χ1v) is 6.38. The molecule has 1 amide bonds. The average molecular weight is 288 g/mol. The molecule has 1 aliphatic rings. The fourth-order valence-corrected chi connectivity index (χ4v) is 2.19. The molecule has 0 spiro atoms. The van der Waals surface area contributed by atoms with Gasteiger partial charge in [-0.15, -0.1) is 0 Å². The van der Waals surface area contributed by atoms with E-state index in [0.29, 0.717) is 13.0 Å². The largest absolute Gasteiger partial charge is 0.385 e. The molecule has 0 aliphatic carbocycles. The second-order valence-electron chi connectivity index (χ2n) is 4.65. The van der Waals surface area contributed by atoms with Crippen LogP contribution in [0, 0.1) is 5.82 Å². The van der Waals surface area contributed by atoms with E-state index in [1.165, 1.54) is 18.2 Å². The number of nitrogens with one attached hydrogen (secondary N) is 1. The van der Waals surface area contributed by atoms with Gasteiger partial charge in [0.05, 0.1) is 16.7 Å². The highest BCUT2D eigenvalue weighted by Gasteiger charge is 2.39. The quantitative estimate of drug-likeness (QED) is 0.890. The summed E-state index contributed by atoms with van der Waals surface area (Å²) in [5.74, 6) is -1.36. The van der Waals surface area contributed by atoms with Gasteiger partial charge in [0, 0.05) is 19.6 Å². The highest BCUT2D eigenvalue weighted by atomic mass is 35.5. The standard InChI is InChI=1S/C13H15ClFNO3/c1-8-13(18,5-6-19-8)7-16-12(17)9-3-2-4-10(14)11(9)15/h2-4,8,18H,5-7H2,1H3,(H,16,17). The van der Waals surface area contributed by atoms with E-state index < -0.39 is 17.3 Å². The molecule has 104 valence electrons. The monoisotopic (exact) mass is 287 g/mol. The van der Waals surface area contributed by atoms with Crippen molar-refractivity contribution in [1.29, 1.82) is 0 Å². The van der Waals surface area contributed by atoms with Crippen molar-refractivity contribution in [3.8, 4) is 0 Å². The molecule has 2 rings (SSSR count). The van der Waals surface area contributed by atoms with Crippen LogP contribution in [-0.4, -0.2) is 35.9 Å². The first kappa shape index (κ1) is 14.2. The Balaban J connectivity index is 2.04. The molecular formula is C13H15ClFNO3. The average Bonchev–Trinajstić information content (AvgIpc) is 2.71. The van der Waals surface area contributed by atoms with Crippen LogP contribution in [0.15, 0.2) is 18.2 Å². The molecule has 0 radical (unpaired) electrons. The molecular weight excluding hydrogens is 273 g/mol. The zero-order chi connectivity index (χ0) is 14.0. The summed E-state index contributed by atoms with van der Waals surface area (Å²) in [5.41, 5.74) is -1.24. The Morgan fingerprint density at radius 3 is 3.05 bits per heavy atom. The van der Waals surface area contributed by atoms with E-state index in [2.05, 4.69) is 5.32 Å². The van der Waals surface area contributed by atoms with Gasteiger partial charge < -0.3 is 15.2 Å². The molecule has 1 fully saturated rings. The molecule has 1 aliphatic heterocycles. The van der Waals surface area contributed by atoms with Gasteiger partial charge in [0.25, 0.3) is 5.91 Å². The number of hydrogen-bond donors (Lipinski definition) is 2. The van der Waals surface area contributed by atoms with Crippen LogP contribution in [-0.2, 0) is 4.74 Å². The molecule has 0 bridgehead atoms. The second-order valence-corrected chi connectivity index (χ2v) is 5.06. The third kappa shape index (κ3) is 2.88. The number of carbonyl (C=O) groups excluding carboxylic acids is 1. The Morgan fingerprint density at radius 2 is 2.42 bits per heavy atom. The van der Waals surface area contributed by atoms with Crippen LogP contribution in [0.5, 0.6) is 0 Å². The lowest BCUT2D eigenvalue weighted by Gasteiger charge is -2.26. The van der Waals surface area contributed by atoms with E-state index in [4.69, 9.17) is 16.3 Å². The number of hydrogen-bond acceptors (Lipinski definition) is 3. The second kappa shape index (κ2) is 5.45. The van der Waals surface area contributed by atoms with Crippen molar-refractivity contribution < 1.29 is 19.0 Å². The van der Waals surface area contributed by atoms with E-state index in [-0.39, 0.29) is 23.2 Å². The molecule has 1 aromatic carbocycles. The van der Waals surface area contributed by atoms with E-state index in [0.717, 1.165) is 0 Å². The number of carbonyl (C=O) groups is 1. The molecule has 1 aromatic rings. The van der Waals surface area contributed by atoms with Crippen LogP contribution in [0.1, 0.15) is 23.7 Å². The molecule has 4 nitrogen and oxygen atoms in total. The van der Waals surface area contributed by atoms with Crippen LogP contribution in [0.25, 0.3) is 0 Å². The van der Waals surface area contributed by atoms with Crippen molar-refractivity contribution in [2.75, 3.05) is 13.2 Å². The molecule has 6 heteroatoms. The Bertz CT molecular complexity index is 497. The fraction of sp³-hybridized carbons (Fsp3) is 0.462. The summed E-state index contributed by atoms with van der Waals surface area (Å²) in [5, 5.41) is 12.6. The smallest absolute Gasteiger partial charge is 0.254 e. The zero-order valence-electron chi connectivity index (χ0n) is 10.5. The summed E-state index contributed by atoms with van der Waals surface area (Å²) in [7, 11) is 0. The van der Waals surface area contributed by atoms with Gasteiger partial charge in [-0.05, 0) is 19.1 Å². The van der Waals surface area contributed by atoms with E-state index in [1.54, 1.807) is 6.92 Å². The minimum absolute atomic E-state index is 0.0129. The van der Waals surface area contributed by atoms with Crippen LogP contribution >= 0.6 is 11.6 Å². The number of benzene rings is 1. The van der Waals surface area contributed by atoms with Gasteiger partial charge in [-0.2, -0.15) is 0 Å². The van der Waals surface area contributed by atoms with Crippen LogP contribution in [0.2, 0.25) is 5.02 Å². The van der Waals surface area contributed by atoms with E-state index >= 15 is 0 Å². The molecule has 1 heterocycles. The number of rotatable bonds is 3. The Labute approximate surface area is 115 Å². The number of aliphatic hydroxyl groups is 1. The maximum atomic E-state index is 13.6. The molecule has 19 heavy (non-hydrogen) atoms. The predicted octanol–water partition coefficient (Wildman–Crippen LogP) is 1.75. The molecule has 1 saturated heterocycles. The summed E-state index contributed by atoms with van der Waals surface area (Å²) in [4.78, 5) is 11.9. The van der Waals surface area contributed by atoms with Crippen molar-refractivity contribution in [2.45, 2.75) is 25.0 Å². The Morgan fingerprint density at radius 1 is 1.68 bits per heavy atom. The van der Waals surface area contributed by atoms with Crippen LogP contribution in [0.4, 0.5) is 4.39 Å². The third-order valence-electron chi connectivity index (χ3n) is 3.41. The molecule has 2 atom stereocenters. The number of ether oxygens (including phenoxy) is 1. The number of halogens is 2. The summed E-state index contributed by atoms with van der Waals surface area (Å²) < 4.78 is 18.9. The van der Waals surface area contributed by atoms with Gasteiger partial charge in [0.15, 0.2) is 5.82 Å². The molecule has 0 saturated carbocycles. The SMILES string of the molecule is CC1OCCC1(O)CNC(=O)c1cccc(Cl)c1F. The summed E-state index contributed by atoms with van der Waals surface area (Å²) in [6, 6.07) is 4.21. The van der Waals surface area contributed by atoms with Crippen molar-refractivity contribution in [1.82, 2.24) is 5.32 Å².